The van der Waals surface area contributed by atoms with Gasteiger partial charge in [-0.05, 0) is 0 Å². The van der Waals surface area contributed by atoms with Crippen LogP contribution in [0, 0.1) is 0 Å². The Balaban J connectivity index is 2.17. The molecule has 1 aliphatic heterocycles. The van der Waals surface area contributed by atoms with E-state index in [0.29, 0.717) is 6.42 Å². The van der Waals surface area contributed by atoms with Crippen LogP contribution in [0.25, 0.3) is 0 Å². The number of anilines is 1. The van der Waals surface area contributed by atoms with Gasteiger partial charge in [-0.2, -0.15) is 4.98 Å². The van der Waals surface area contributed by atoms with Crippen molar-refractivity contribution in [1.82, 2.24) is 14.5 Å². The Morgan fingerprint density at radius 2 is 2.53 bits per heavy atom. The van der Waals surface area contributed by atoms with Gasteiger partial charge in [0, 0.05) is 13.5 Å². The topological polar surface area (TPSA) is 112 Å². The Bertz CT molecular complexity index is 449. The number of nitrogens with two attached hydrogens (primary N) is 1. The van der Waals surface area contributed by atoms with Crippen molar-refractivity contribution in [2.75, 3.05) is 19.5 Å². The first-order valence-electron chi connectivity index (χ1n) is 5.15. The fourth-order valence-corrected chi connectivity index (χ4v) is 1.75. The molecule has 0 spiro atoms. The zero-order valence-electron chi connectivity index (χ0n) is 9.31. The Morgan fingerprint density at radius 1 is 1.76 bits per heavy atom. The second-order valence-corrected chi connectivity index (χ2v) is 3.79. The molecule has 1 aromatic rings. The Labute approximate surface area is 97.0 Å². The second-order valence-electron chi connectivity index (χ2n) is 3.79. The molecule has 3 N–H and O–H groups in total. The van der Waals surface area contributed by atoms with E-state index in [1.54, 1.807) is 0 Å². The number of rotatable bonds is 3. The maximum Gasteiger partial charge on any atom is 0.354 e. The lowest BCUT2D eigenvalue weighted by Gasteiger charge is -2.14. The van der Waals surface area contributed by atoms with Gasteiger partial charge in [-0.25, -0.2) is 9.78 Å². The molecule has 17 heavy (non-hydrogen) atoms. The van der Waals surface area contributed by atoms with E-state index in [2.05, 4.69) is 9.97 Å². The van der Waals surface area contributed by atoms with Crippen LogP contribution >= 0.6 is 0 Å². The van der Waals surface area contributed by atoms with Crippen molar-refractivity contribution in [1.29, 1.82) is 0 Å². The summed E-state index contributed by atoms with van der Waals surface area (Å²) in [7, 11) is 1.52. The quantitative estimate of drug-likeness (QED) is 0.664. The van der Waals surface area contributed by atoms with Gasteiger partial charge in [0.25, 0.3) is 0 Å². The zero-order valence-corrected chi connectivity index (χ0v) is 9.31. The molecule has 3 atom stereocenters. The first kappa shape index (κ1) is 12.0. The number of ether oxygens (including phenoxy) is 2. The third-order valence-electron chi connectivity index (χ3n) is 2.59. The van der Waals surface area contributed by atoms with Crippen molar-refractivity contribution >= 4 is 5.95 Å². The van der Waals surface area contributed by atoms with Gasteiger partial charge in [0.05, 0.1) is 12.7 Å². The largest absolute Gasteiger partial charge is 0.390 e. The van der Waals surface area contributed by atoms with Gasteiger partial charge in [0.15, 0.2) is 0 Å². The molecular formula is C9H14N4O4. The Kier molecular flexibility index (Phi) is 3.36. The average molecular weight is 242 g/mol. The van der Waals surface area contributed by atoms with Crippen molar-refractivity contribution in [2.45, 2.75) is 24.9 Å². The minimum Gasteiger partial charge on any atom is -0.390 e. The second kappa shape index (κ2) is 4.78. The van der Waals surface area contributed by atoms with Crippen molar-refractivity contribution in [3.63, 3.8) is 0 Å². The third-order valence-corrected chi connectivity index (χ3v) is 2.59. The number of methoxy groups -OCH3 is 1. The summed E-state index contributed by atoms with van der Waals surface area (Å²) in [6.45, 7) is 0.266. The maximum atomic E-state index is 11.5. The summed E-state index contributed by atoms with van der Waals surface area (Å²) in [5.41, 5.74) is 4.73. The molecule has 2 heterocycles. The monoisotopic (exact) mass is 242 g/mol. The number of aromatic nitrogens is 3. The number of aliphatic hydroxyl groups excluding tert-OH is 1. The highest BCUT2D eigenvalue weighted by Crippen LogP contribution is 2.27. The lowest BCUT2D eigenvalue weighted by molar-refractivity contribution is -0.0549. The van der Waals surface area contributed by atoms with E-state index in [1.807, 2.05) is 0 Å². The van der Waals surface area contributed by atoms with E-state index < -0.39 is 24.1 Å². The molecule has 0 saturated carbocycles. The van der Waals surface area contributed by atoms with Crippen LogP contribution in [-0.4, -0.2) is 45.6 Å². The first-order chi connectivity index (χ1) is 8.11. The van der Waals surface area contributed by atoms with E-state index in [-0.39, 0.29) is 12.6 Å². The SMILES string of the molecule is COC[C@H]1OC(n2cnc(N)nc2=O)C[C@@H]1O. The van der Waals surface area contributed by atoms with E-state index in [9.17, 15) is 9.90 Å². The van der Waals surface area contributed by atoms with Crippen LogP contribution < -0.4 is 11.4 Å². The highest BCUT2D eigenvalue weighted by atomic mass is 16.6. The number of hydrogen-bond acceptors (Lipinski definition) is 7. The predicted octanol–water partition coefficient (Wildman–Crippen LogP) is -1.48. The van der Waals surface area contributed by atoms with E-state index in [1.165, 1.54) is 18.0 Å². The first-order valence-corrected chi connectivity index (χ1v) is 5.15. The van der Waals surface area contributed by atoms with Crippen LogP contribution in [0.4, 0.5) is 5.95 Å². The highest BCUT2D eigenvalue weighted by molar-refractivity contribution is 5.09. The normalized spacial score (nSPS) is 28.5. The summed E-state index contributed by atoms with van der Waals surface area (Å²) in [6.07, 6.45) is -0.157. The lowest BCUT2D eigenvalue weighted by atomic mass is 10.2. The Morgan fingerprint density at radius 3 is 3.18 bits per heavy atom. The lowest BCUT2D eigenvalue weighted by Crippen LogP contribution is -2.29. The van der Waals surface area contributed by atoms with Gasteiger partial charge in [0.1, 0.15) is 18.7 Å². The fraction of sp³-hybridized carbons (Fsp3) is 0.667. The summed E-state index contributed by atoms with van der Waals surface area (Å²) in [4.78, 5) is 18.7. The number of aliphatic hydroxyl groups is 1. The van der Waals surface area contributed by atoms with Gasteiger partial charge in [0.2, 0.25) is 5.95 Å². The van der Waals surface area contributed by atoms with Crippen molar-refractivity contribution in [2.24, 2.45) is 0 Å². The van der Waals surface area contributed by atoms with Crippen LogP contribution in [0.1, 0.15) is 12.6 Å². The molecule has 2 rings (SSSR count). The summed E-state index contributed by atoms with van der Waals surface area (Å²) >= 11 is 0. The van der Waals surface area contributed by atoms with Gasteiger partial charge < -0.3 is 20.3 Å². The molecule has 94 valence electrons. The molecule has 1 unspecified atom stereocenters. The molecule has 0 bridgehead atoms. The molecule has 0 amide bonds. The van der Waals surface area contributed by atoms with E-state index >= 15 is 0 Å². The molecule has 0 radical (unpaired) electrons. The van der Waals surface area contributed by atoms with Crippen LogP contribution in [0.3, 0.4) is 0 Å². The molecule has 0 aliphatic carbocycles. The van der Waals surface area contributed by atoms with Crippen LogP contribution in [0.2, 0.25) is 0 Å². The predicted molar refractivity (Wildman–Crippen MR) is 57.1 cm³/mol. The average Bonchev–Trinajstić information content (AvgIpc) is 2.60. The molecule has 1 aliphatic rings. The summed E-state index contributed by atoms with van der Waals surface area (Å²) in [5, 5.41) is 9.71. The van der Waals surface area contributed by atoms with Crippen molar-refractivity contribution < 1.29 is 14.6 Å². The van der Waals surface area contributed by atoms with Gasteiger partial charge in [-0.1, -0.05) is 0 Å². The van der Waals surface area contributed by atoms with Gasteiger partial charge in [-0.15, -0.1) is 0 Å². The minimum absolute atomic E-state index is 0.0850. The maximum absolute atomic E-state index is 11.5. The number of hydrogen-bond donors (Lipinski definition) is 2. The number of nitrogens with zero attached hydrogens (tertiary/aromatic N) is 3. The zero-order chi connectivity index (χ0) is 12.4. The smallest absolute Gasteiger partial charge is 0.354 e. The van der Waals surface area contributed by atoms with Gasteiger partial charge in [-0.3, -0.25) is 4.57 Å². The standard InChI is InChI=1S/C9H14N4O4/c1-16-3-6-5(14)2-7(17-6)13-4-11-8(10)12-9(13)15/h4-7,14H,2-3H2,1H3,(H2,10,12,15)/t5-,6+,7?/m0/s1. The molecule has 1 aromatic heterocycles. The molecular weight excluding hydrogens is 228 g/mol. The van der Waals surface area contributed by atoms with Crippen LogP contribution in [-0.2, 0) is 9.47 Å². The van der Waals surface area contributed by atoms with Crippen molar-refractivity contribution in [3.8, 4) is 0 Å². The fourth-order valence-electron chi connectivity index (χ4n) is 1.75. The van der Waals surface area contributed by atoms with E-state index in [0.717, 1.165) is 0 Å². The van der Waals surface area contributed by atoms with Gasteiger partial charge >= 0.3 is 5.69 Å². The minimum atomic E-state index is -0.676. The van der Waals surface area contributed by atoms with Crippen LogP contribution in [0.5, 0.6) is 0 Å². The molecule has 8 heteroatoms. The number of nitrogen functional groups attached to an aromatic ring is 1. The third kappa shape index (κ3) is 2.43. The highest BCUT2D eigenvalue weighted by Gasteiger charge is 2.35. The summed E-state index contributed by atoms with van der Waals surface area (Å²) in [6, 6.07) is 0. The molecule has 1 fully saturated rings. The Hall–Kier alpha value is -1.51. The molecule has 0 aromatic carbocycles. The summed E-state index contributed by atoms with van der Waals surface area (Å²) in [5.74, 6) is -0.0850. The summed E-state index contributed by atoms with van der Waals surface area (Å²) < 4.78 is 11.6. The van der Waals surface area contributed by atoms with E-state index in [4.69, 9.17) is 15.2 Å². The molecule has 8 nitrogen and oxygen atoms in total. The van der Waals surface area contributed by atoms with Crippen molar-refractivity contribution in [3.05, 3.63) is 16.8 Å². The molecule has 1 saturated heterocycles. The van der Waals surface area contributed by atoms with Crippen LogP contribution in [0.15, 0.2) is 11.1 Å².